The minimum absolute atomic E-state index is 0.0331. The summed E-state index contributed by atoms with van der Waals surface area (Å²) in [5.74, 6) is -1.20. The highest BCUT2D eigenvalue weighted by Crippen LogP contribution is 2.40. The third-order valence-corrected chi connectivity index (χ3v) is 6.24. The molecule has 0 amide bonds. The molecule has 5 aromatic rings. The van der Waals surface area contributed by atoms with Gasteiger partial charge in [0.05, 0.1) is 22.4 Å². The summed E-state index contributed by atoms with van der Waals surface area (Å²) >= 11 is 0. The molecular weight excluding hydrogens is 432 g/mol. The molecule has 1 atom stereocenters. The lowest BCUT2D eigenvalue weighted by Gasteiger charge is -2.21. The normalized spacial score (nSPS) is 12.3. The summed E-state index contributed by atoms with van der Waals surface area (Å²) in [6, 6.07) is 16.8. The number of rotatable bonds is 3. The van der Waals surface area contributed by atoms with E-state index in [0.29, 0.717) is 22.1 Å². The molecule has 6 heteroatoms. The number of phenols is 1. The van der Waals surface area contributed by atoms with Crippen molar-refractivity contribution in [2.75, 3.05) is 0 Å². The van der Waals surface area contributed by atoms with Gasteiger partial charge in [0.25, 0.3) is 0 Å². The van der Waals surface area contributed by atoms with Crippen molar-refractivity contribution in [2.24, 2.45) is 0 Å². The molecular formula is C28H22O6. The van der Waals surface area contributed by atoms with Gasteiger partial charge in [-0.05, 0) is 68.3 Å². The summed E-state index contributed by atoms with van der Waals surface area (Å²) in [7, 11) is 0. The van der Waals surface area contributed by atoms with Gasteiger partial charge < -0.3 is 19.0 Å². The van der Waals surface area contributed by atoms with E-state index >= 15 is 0 Å². The first kappa shape index (κ1) is 21.5. The third-order valence-electron chi connectivity index (χ3n) is 6.24. The van der Waals surface area contributed by atoms with E-state index in [1.807, 2.05) is 26.0 Å². The highest BCUT2D eigenvalue weighted by molar-refractivity contribution is 5.86. The van der Waals surface area contributed by atoms with E-state index in [4.69, 9.17) is 8.83 Å². The Morgan fingerprint density at radius 1 is 0.676 bits per heavy atom. The number of benzene rings is 3. The van der Waals surface area contributed by atoms with Crippen LogP contribution in [0.3, 0.4) is 0 Å². The van der Waals surface area contributed by atoms with Crippen LogP contribution < -0.4 is 11.3 Å². The van der Waals surface area contributed by atoms with Crippen molar-refractivity contribution in [3.05, 3.63) is 115 Å². The van der Waals surface area contributed by atoms with E-state index in [1.54, 1.807) is 43.3 Å². The standard InChI is InChI=1S/C28H22O6/c1-14-4-10-21-19(12-14)16(3)23(27(31)33-21)24(17-6-8-18(29)9-7-17)25-26(30)20-13-15(2)5-11-22(20)34-28(25)32/h4-13,24,29-30H,1-3H3. The fraction of sp³-hybridized carbons (Fsp3) is 0.143. The molecule has 0 aliphatic heterocycles. The molecule has 0 spiro atoms. The van der Waals surface area contributed by atoms with Crippen molar-refractivity contribution < 1.29 is 19.0 Å². The molecule has 2 aromatic heterocycles. The molecule has 0 fully saturated rings. The van der Waals surface area contributed by atoms with Gasteiger partial charge in [0.1, 0.15) is 22.7 Å². The van der Waals surface area contributed by atoms with Crippen LogP contribution in [-0.2, 0) is 0 Å². The molecule has 0 aliphatic carbocycles. The first-order chi connectivity index (χ1) is 16.2. The lowest BCUT2D eigenvalue weighted by Crippen LogP contribution is -2.22. The van der Waals surface area contributed by atoms with E-state index in [1.165, 1.54) is 12.1 Å². The Labute approximate surface area is 194 Å². The van der Waals surface area contributed by atoms with E-state index in [9.17, 15) is 19.8 Å². The maximum absolute atomic E-state index is 13.3. The van der Waals surface area contributed by atoms with Crippen LogP contribution in [0.4, 0.5) is 0 Å². The van der Waals surface area contributed by atoms with Crippen molar-refractivity contribution in [3.63, 3.8) is 0 Å². The third kappa shape index (κ3) is 3.44. The number of aryl methyl sites for hydroxylation is 3. The van der Waals surface area contributed by atoms with Gasteiger partial charge in [0, 0.05) is 5.39 Å². The van der Waals surface area contributed by atoms with Crippen LogP contribution in [0.2, 0.25) is 0 Å². The van der Waals surface area contributed by atoms with Crippen LogP contribution in [-0.4, -0.2) is 10.2 Å². The molecule has 0 saturated heterocycles. The topological polar surface area (TPSA) is 101 Å². The van der Waals surface area contributed by atoms with Crippen LogP contribution >= 0.6 is 0 Å². The molecule has 0 saturated carbocycles. The number of phenolic OH excluding ortho intramolecular Hbond substituents is 1. The Bertz CT molecular complexity index is 1580. The van der Waals surface area contributed by atoms with Gasteiger partial charge >= 0.3 is 11.3 Å². The summed E-state index contributed by atoms with van der Waals surface area (Å²) < 4.78 is 11.2. The molecule has 3 aromatic carbocycles. The lowest BCUT2D eigenvalue weighted by molar-refractivity contribution is 0.453. The van der Waals surface area contributed by atoms with Gasteiger partial charge in [-0.3, -0.25) is 0 Å². The van der Waals surface area contributed by atoms with Gasteiger partial charge in [0.2, 0.25) is 0 Å². The predicted molar refractivity (Wildman–Crippen MR) is 130 cm³/mol. The quantitative estimate of drug-likeness (QED) is 0.353. The number of hydrogen-bond acceptors (Lipinski definition) is 6. The fourth-order valence-electron chi connectivity index (χ4n) is 4.53. The van der Waals surface area contributed by atoms with Crippen LogP contribution in [0.5, 0.6) is 11.5 Å². The first-order valence-electron chi connectivity index (χ1n) is 10.8. The zero-order chi connectivity index (χ0) is 24.1. The molecule has 6 nitrogen and oxygen atoms in total. The lowest BCUT2D eigenvalue weighted by atomic mass is 9.83. The Morgan fingerprint density at radius 3 is 1.82 bits per heavy atom. The monoisotopic (exact) mass is 454 g/mol. The Kier molecular flexibility index (Phi) is 5.01. The summed E-state index contributed by atoms with van der Waals surface area (Å²) in [5.41, 5.74) is 2.49. The molecule has 170 valence electrons. The van der Waals surface area contributed by atoms with Crippen molar-refractivity contribution in [3.8, 4) is 11.5 Å². The van der Waals surface area contributed by atoms with Crippen LogP contribution in [0.15, 0.2) is 79.1 Å². The molecule has 1 unspecified atom stereocenters. The summed E-state index contributed by atoms with van der Waals surface area (Å²) in [5, 5.41) is 22.2. The van der Waals surface area contributed by atoms with Crippen LogP contribution in [0.1, 0.15) is 39.3 Å². The number of fused-ring (bicyclic) bond motifs is 2. The predicted octanol–water partition coefficient (Wildman–Crippen LogP) is 5.42. The Morgan fingerprint density at radius 2 is 1.21 bits per heavy atom. The molecule has 2 N–H and O–H groups in total. The average molecular weight is 454 g/mol. The van der Waals surface area contributed by atoms with E-state index in [0.717, 1.165) is 16.5 Å². The zero-order valence-corrected chi connectivity index (χ0v) is 18.9. The van der Waals surface area contributed by atoms with E-state index < -0.39 is 17.2 Å². The smallest absolute Gasteiger partial charge is 0.344 e. The summed E-state index contributed by atoms with van der Waals surface area (Å²) in [6.07, 6.45) is 0. The van der Waals surface area contributed by atoms with Gasteiger partial charge in [-0.2, -0.15) is 0 Å². The first-order valence-corrected chi connectivity index (χ1v) is 10.8. The molecule has 34 heavy (non-hydrogen) atoms. The van der Waals surface area contributed by atoms with Crippen molar-refractivity contribution >= 4 is 21.9 Å². The maximum atomic E-state index is 13.3. The summed E-state index contributed by atoms with van der Waals surface area (Å²) in [4.78, 5) is 26.5. The van der Waals surface area contributed by atoms with E-state index in [-0.39, 0.29) is 28.2 Å². The maximum Gasteiger partial charge on any atom is 0.344 e. The van der Waals surface area contributed by atoms with Gasteiger partial charge in [-0.25, -0.2) is 9.59 Å². The summed E-state index contributed by atoms with van der Waals surface area (Å²) in [6.45, 7) is 5.60. The van der Waals surface area contributed by atoms with E-state index in [2.05, 4.69) is 0 Å². The second-order valence-corrected chi connectivity index (χ2v) is 8.60. The molecule has 0 bridgehead atoms. The van der Waals surface area contributed by atoms with Gasteiger partial charge in [-0.1, -0.05) is 35.4 Å². The molecule has 2 heterocycles. The number of hydrogen-bond donors (Lipinski definition) is 2. The average Bonchev–Trinajstić information content (AvgIpc) is 2.80. The van der Waals surface area contributed by atoms with Crippen molar-refractivity contribution in [2.45, 2.75) is 26.7 Å². The Hall–Kier alpha value is -4.32. The minimum atomic E-state index is -0.983. The van der Waals surface area contributed by atoms with Crippen LogP contribution in [0.25, 0.3) is 21.9 Å². The molecule has 5 rings (SSSR count). The van der Waals surface area contributed by atoms with Crippen molar-refractivity contribution in [1.82, 2.24) is 0 Å². The highest BCUT2D eigenvalue weighted by atomic mass is 16.4. The highest BCUT2D eigenvalue weighted by Gasteiger charge is 2.31. The minimum Gasteiger partial charge on any atom is -0.508 e. The second kappa shape index (κ2) is 7.92. The largest absolute Gasteiger partial charge is 0.508 e. The van der Waals surface area contributed by atoms with Gasteiger partial charge in [0.15, 0.2) is 0 Å². The van der Waals surface area contributed by atoms with Crippen molar-refractivity contribution in [1.29, 1.82) is 0 Å². The molecule has 0 radical (unpaired) electrons. The Balaban J connectivity index is 1.91. The molecule has 0 aliphatic rings. The fourth-order valence-corrected chi connectivity index (χ4v) is 4.53. The van der Waals surface area contributed by atoms with Crippen LogP contribution in [0, 0.1) is 20.8 Å². The SMILES string of the molecule is Cc1ccc2oc(=O)c(C(c3ccc(O)cc3)c3c(O)c4cc(C)ccc4oc3=O)c(C)c2c1. The zero-order valence-electron chi connectivity index (χ0n) is 18.9. The second-order valence-electron chi connectivity index (χ2n) is 8.60. The number of aromatic hydroxyl groups is 2. The van der Waals surface area contributed by atoms with Gasteiger partial charge in [-0.15, -0.1) is 0 Å².